The molecule has 0 saturated carbocycles. The number of halogens is 5. The number of nitrogens with zero attached hydrogens (tertiary/aromatic N) is 5. The first kappa shape index (κ1) is 21.1. The minimum atomic E-state index is -4.79. The fraction of sp³-hybridized carbons (Fsp3) is 0.300. The van der Waals surface area contributed by atoms with Gasteiger partial charge in [-0.15, -0.1) is 5.10 Å². The van der Waals surface area contributed by atoms with Gasteiger partial charge in [-0.2, -0.15) is 13.2 Å². The van der Waals surface area contributed by atoms with Crippen molar-refractivity contribution in [1.29, 1.82) is 0 Å². The van der Waals surface area contributed by atoms with Crippen molar-refractivity contribution < 1.29 is 31.2 Å². The van der Waals surface area contributed by atoms with Crippen LogP contribution in [0.15, 0.2) is 35.0 Å². The van der Waals surface area contributed by atoms with Crippen LogP contribution in [-0.4, -0.2) is 42.1 Å². The predicted octanol–water partition coefficient (Wildman–Crippen LogP) is 4.03. The molecule has 8 nitrogen and oxygen atoms in total. The average Bonchev–Trinajstić information content (AvgIpc) is 3.47. The maximum atomic E-state index is 14.2. The van der Waals surface area contributed by atoms with Gasteiger partial charge in [0.15, 0.2) is 0 Å². The quantitative estimate of drug-likeness (QED) is 0.461. The van der Waals surface area contributed by atoms with Crippen LogP contribution in [0, 0.1) is 0 Å². The number of benzene rings is 1. The normalized spacial score (nSPS) is 16.6. The van der Waals surface area contributed by atoms with Gasteiger partial charge in [-0.05, 0) is 6.07 Å². The topological polar surface area (TPSA) is 92.8 Å². The van der Waals surface area contributed by atoms with Crippen molar-refractivity contribution >= 4 is 16.9 Å². The molecule has 1 N–H and O–H groups in total. The first-order valence-electron chi connectivity index (χ1n) is 9.77. The average molecular weight is 466 g/mol. The molecule has 0 saturated heterocycles. The summed E-state index contributed by atoms with van der Waals surface area (Å²) in [6.07, 6.45) is -6.23. The summed E-state index contributed by atoms with van der Waals surface area (Å²) in [6.45, 7) is -0.0239. The summed E-state index contributed by atoms with van der Waals surface area (Å²) in [4.78, 5) is 25.1. The van der Waals surface area contributed by atoms with E-state index in [4.69, 9.17) is 4.42 Å². The number of hydrogen-bond donors (Lipinski definition) is 1. The van der Waals surface area contributed by atoms with Crippen LogP contribution < -0.4 is 0 Å². The monoisotopic (exact) mass is 466 g/mol. The summed E-state index contributed by atoms with van der Waals surface area (Å²) in [6, 6.07) is 4.30. The van der Waals surface area contributed by atoms with Crippen molar-refractivity contribution in [2.75, 3.05) is 6.54 Å². The number of alkyl halides is 5. The van der Waals surface area contributed by atoms with E-state index in [-0.39, 0.29) is 29.6 Å². The number of carbonyl (C=O) groups excluding carboxylic acids is 1. The number of aromatic amines is 1. The van der Waals surface area contributed by atoms with Crippen molar-refractivity contribution in [3.8, 4) is 0 Å². The molecule has 172 valence electrons. The SMILES string of the molecule is Cn1nc(C(F)F)nc1C(=O)N1CCc2[nH]cnc2[C@@H]1c1oc2ccccc2c1C(F)(F)F. The molecule has 0 bridgehead atoms. The smallest absolute Gasteiger partial charge is 0.420 e. The number of H-pyrrole nitrogens is 1. The Morgan fingerprint density at radius 1 is 1.27 bits per heavy atom. The van der Waals surface area contributed by atoms with E-state index in [1.165, 1.54) is 37.6 Å². The minimum absolute atomic E-state index is 0.00599. The second-order valence-electron chi connectivity index (χ2n) is 7.47. The summed E-state index contributed by atoms with van der Waals surface area (Å²) in [5.74, 6) is -2.67. The Hall–Kier alpha value is -3.77. The summed E-state index contributed by atoms with van der Waals surface area (Å²) in [5.41, 5.74) is -0.309. The number of hydrogen-bond acceptors (Lipinski definition) is 5. The zero-order valence-electron chi connectivity index (χ0n) is 16.9. The number of aromatic nitrogens is 5. The lowest BCUT2D eigenvalue weighted by molar-refractivity contribution is -0.138. The van der Waals surface area contributed by atoms with Gasteiger partial charge in [-0.25, -0.2) is 23.4 Å². The second-order valence-corrected chi connectivity index (χ2v) is 7.47. The molecule has 0 spiro atoms. The number of fused-ring (bicyclic) bond motifs is 2. The lowest BCUT2D eigenvalue weighted by Crippen LogP contribution is -2.42. The summed E-state index contributed by atoms with van der Waals surface area (Å²) in [5, 5.41) is 3.37. The first-order chi connectivity index (χ1) is 15.7. The standard InChI is InChI=1S/C20H15F5N6O2/c1-30-18(28-17(29-30)16(21)22)19(32)31-7-6-10-13(27-8-26-10)14(31)15-12(20(23,24)25)9-4-2-3-5-11(9)33-15/h2-5,8,14,16H,6-7H2,1H3,(H,26,27)/t14-/m1/s1. The van der Waals surface area contributed by atoms with E-state index >= 15 is 0 Å². The Balaban J connectivity index is 1.70. The van der Waals surface area contributed by atoms with Crippen LogP contribution in [0.3, 0.4) is 0 Å². The second kappa shape index (κ2) is 7.39. The highest BCUT2D eigenvalue weighted by Crippen LogP contribution is 2.46. The molecule has 1 aromatic carbocycles. The molecular weight excluding hydrogens is 451 g/mol. The zero-order chi connectivity index (χ0) is 23.5. The van der Waals surface area contributed by atoms with Crippen LogP contribution in [0.4, 0.5) is 22.0 Å². The summed E-state index contributed by atoms with van der Waals surface area (Å²) >= 11 is 0. The molecule has 0 unspecified atom stereocenters. The van der Waals surface area contributed by atoms with Crippen molar-refractivity contribution in [2.24, 2.45) is 7.05 Å². The number of carbonyl (C=O) groups is 1. The van der Waals surface area contributed by atoms with Crippen LogP contribution in [0.25, 0.3) is 11.0 Å². The van der Waals surface area contributed by atoms with Gasteiger partial charge in [0, 0.05) is 31.1 Å². The van der Waals surface area contributed by atoms with Crippen molar-refractivity contribution in [1.82, 2.24) is 29.6 Å². The Kier molecular flexibility index (Phi) is 4.72. The molecule has 3 aromatic heterocycles. The van der Waals surface area contributed by atoms with Gasteiger partial charge in [0.2, 0.25) is 11.6 Å². The van der Waals surface area contributed by atoms with Gasteiger partial charge in [-0.1, -0.05) is 18.2 Å². The molecule has 1 aliphatic heterocycles. The van der Waals surface area contributed by atoms with Crippen LogP contribution in [0.5, 0.6) is 0 Å². The van der Waals surface area contributed by atoms with E-state index in [2.05, 4.69) is 20.1 Å². The lowest BCUT2D eigenvalue weighted by Gasteiger charge is -2.34. The first-order valence-corrected chi connectivity index (χ1v) is 9.77. The number of nitrogens with one attached hydrogen (secondary N) is 1. The maximum Gasteiger partial charge on any atom is 0.420 e. The molecule has 4 aromatic rings. The number of rotatable bonds is 3. The largest absolute Gasteiger partial charge is 0.458 e. The van der Waals surface area contributed by atoms with Gasteiger partial charge in [0.1, 0.15) is 22.9 Å². The van der Waals surface area contributed by atoms with Crippen molar-refractivity contribution in [3.63, 3.8) is 0 Å². The zero-order valence-corrected chi connectivity index (χ0v) is 16.9. The highest BCUT2D eigenvalue weighted by molar-refractivity contribution is 5.92. The van der Waals surface area contributed by atoms with Crippen molar-refractivity contribution in [2.45, 2.75) is 25.1 Å². The van der Waals surface area contributed by atoms with Crippen molar-refractivity contribution in [3.05, 3.63) is 65.0 Å². The van der Waals surface area contributed by atoms with Crippen LogP contribution in [-0.2, 0) is 19.6 Å². The molecular formula is C20H15F5N6O2. The molecule has 33 heavy (non-hydrogen) atoms. The molecule has 0 radical (unpaired) electrons. The van der Waals surface area contributed by atoms with Crippen LogP contribution >= 0.6 is 0 Å². The minimum Gasteiger partial charge on any atom is -0.458 e. The molecule has 1 aliphatic rings. The Labute approximate surface area is 182 Å². The third kappa shape index (κ3) is 3.34. The Morgan fingerprint density at radius 2 is 2.03 bits per heavy atom. The maximum absolute atomic E-state index is 14.2. The third-order valence-electron chi connectivity index (χ3n) is 5.51. The predicted molar refractivity (Wildman–Crippen MR) is 102 cm³/mol. The number of imidazole rings is 1. The van der Waals surface area contributed by atoms with Gasteiger partial charge >= 0.3 is 6.18 Å². The number of amides is 1. The van der Waals surface area contributed by atoms with E-state index in [1.807, 2.05) is 0 Å². The molecule has 0 aliphatic carbocycles. The molecule has 1 amide bonds. The van der Waals surface area contributed by atoms with E-state index in [0.717, 1.165) is 9.58 Å². The van der Waals surface area contributed by atoms with E-state index in [9.17, 15) is 26.7 Å². The highest BCUT2D eigenvalue weighted by atomic mass is 19.4. The summed E-state index contributed by atoms with van der Waals surface area (Å²) < 4.78 is 75.1. The van der Waals surface area contributed by atoms with E-state index in [1.54, 1.807) is 0 Å². The fourth-order valence-corrected chi connectivity index (χ4v) is 4.12. The van der Waals surface area contributed by atoms with Gasteiger partial charge in [0.05, 0.1) is 12.0 Å². The molecule has 4 heterocycles. The fourth-order valence-electron chi connectivity index (χ4n) is 4.12. The molecule has 5 rings (SSSR count). The van der Waals surface area contributed by atoms with Crippen LogP contribution in [0.1, 0.15) is 51.6 Å². The molecule has 13 heteroatoms. The number of para-hydroxylation sites is 1. The summed E-state index contributed by atoms with van der Waals surface area (Å²) in [7, 11) is 1.26. The van der Waals surface area contributed by atoms with Gasteiger partial charge < -0.3 is 14.3 Å². The Bertz CT molecular complexity index is 1350. The number of furan rings is 1. The highest BCUT2D eigenvalue weighted by Gasteiger charge is 2.46. The van der Waals surface area contributed by atoms with E-state index < -0.39 is 47.5 Å². The van der Waals surface area contributed by atoms with E-state index in [0.29, 0.717) is 5.69 Å². The third-order valence-corrected chi connectivity index (χ3v) is 5.51. The van der Waals surface area contributed by atoms with Crippen LogP contribution in [0.2, 0.25) is 0 Å². The lowest BCUT2D eigenvalue weighted by atomic mass is 9.96. The number of aryl methyl sites for hydroxylation is 1. The molecule has 1 atom stereocenters. The molecule has 0 fully saturated rings. The van der Waals surface area contributed by atoms with Gasteiger partial charge in [0.25, 0.3) is 12.3 Å². The Morgan fingerprint density at radius 3 is 2.73 bits per heavy atom. The van der Waals surface area contributed by atoms with Gasteiger partial charge in [-0.3, -0.25) is 4.79 Å².